The Labute approximate surface area is 171 Å². The molecule has 2 aliphatic heterocycles. The van der Waals surface area contributed by atoms with Crippen LogP contribution in [-0.2, 0) is 16.0 Å². The minimum absolute atomic E-state index is 0.0149. The van der Waals surface area contributed by atoms with Gasteiger partial charge >= 0.3 is 0 Å². The Balaban J connectivity index is 1.52. The maximum atomic E-state index is 13.0. The van der Waals surface area contributed by atoms with E-state index in [1.807, 2.05) is 47.4 Å². The molecule has 2 saturated heterocycles. The lowest BCUT2D eigenvalue weighted by molar-refractivity contribution is -0.133. The number of methoxy groups -OCH3 is 1. The van der Waals surface area contributed by atoms with Crippen LogP contribution in [-0.4, -0.2) is 60.9 Å². The monoisotopic (exact) mass is 393 g/mol. The lowest BCUT2D eigenvalue weighted by atomic mass is 9.83. The molecule has 0 saturated carbocycles. The first-order valence-electron chi connectivity index (χ1n) is 10.1. The van der Waals surface area contributed by atoms with Gasteiger partial charge in [0.05, 0.1) is 19.4 Å². The fourth-order valence-electron chi connectivity index (χ4n) is 4.74. The van der Waals surface area contributed by atoms with Gasteiger partial charge in [0, 0.05) is 38.1 Å². The Bertz CT molecular complexity index is 886. The molecule has 6 nitrogen and oxygen atoms in total. The van der Waals surface area contributed by atoms with Crippen molar-refractivity contribution >= 4 is 11.8 Å². The summed E-state index contributed by atoms with van der Waals surface area (Å²) in [5, 5.41) is 0. The quantitative estimate of drug-likeness (QED) is 0.838. The number of nitrogens with zero attached hydrogens (tertiary/aromatic N) is 2. The van der Waals surface area contributed by atoms with Crippen molar-refractivity contribution in [2.24, 2.45) is 11.7 Å². The van der Waals surface area contributed by atoms with Gasteiger partial charge in [0.15, 0.2) is 0 Å². The summed E-state index contributed by atoms with van der Waals surface area (Å²) in [7, 11) is 1.62. The predicted octanol–water partition coefficient (Wildman–Crippen LogP) is 1.65. The fourth-order valence-corrected chi connectivity index (χ4v) is 4.74. The van der Waals surface area contributed by atoms with Crippen molar-refractivity contribution in [2.75, 3.05) is 33.3 Å². The second-order valence-electron chi connectivity index (χ2n) is 7.88. The van der Waals surface area contributed by atoms with Crippen LogP contribution in [0.1, 0.15) is 17.0 Å². The first-order chi connectivity index (χ1) is 14.1. The zero-order valence-electron chi connectivity index (χ0n) is 16.7. The topological polar surface area (TPSA) is 75.9 Å². The SMILES string of the molecule is COc1cccc(CC(=O)N2CCN3C[C@@H](C(N)=O)[C@H](c4ccccc4)[C@H]3C2)c1. The highest BCUT2D eigenvalue weighted by atomic mass is 16.5. The highest BCUT2D eigenvalue weighted by Gasteiger charge is 2.47. The van der Waals surface area contributed by atoms with E-state index in [9.17, 15) is 9.59 Å². The number of amides is 2. The van der Waals surface area contributed by atoms with Gasteiger partial charge in [-0.3, -0.25) is 14.5 Å². The van der Waals surface area contributed by atoms with Crippen LogP contribution >= 0.6 is 0 Å². The number of hydrogen-bond donors (Lipinski definition) is 1. The lowest BCUT2D eigenvalue weighted by Gasteiger charge is -2.39. The number of benzene rings is 2. The molecule has 29 heavy (non-hydrogen) atoms. The number of piperazine rings is 1. The molecule has 0 spiro atoms. The second-order valence-corrected chi connectivity index (χ2v) is 7.88. The van der Waals surface area contributed by atoms with Crippen LogP contribution in [0, 0.1) is 5.92 Å². The average molecular weight is 393 g/mol. The second kappa shape index (κ2) is 8.25. The zero-order valence-corrected chi connectivity index (χ0v) is 16.7. The van der Waals surface area contributed by atoms with E-state index in [-0.39, 0.29) is 29.7 Å². The van der Waals surface area contributed by atoms with Gasteiger partial charge in [-0.15, -0.1) is 0 Å². The molecule has 3 atom stereocenters. The third kappa shape index (κ3) is 3.98. The van der Waals surface area contributed by atoms with Crippen molar-refractivity contribution < 1.29 is 14.3 Å². The minimum Gasteiger partial charge on any atom is -0.497 e. The molecule has 0 radical (unpaired) electrons. The van der Waals surface area contributed by atoms with Crippen molar-refractivity contribution in [3.05, 3.63) is 65.7 Å². The molecule has 2 heterocycles. The third-order valence-corrected chi connectivity index (χ3v) is 6.20. The molecule has 2 aromatic rings. The molecule has 2 fully saturated rings. The fraction of sp³-hybridized carbons (Fsp3) is 0.391. The molecule has 0 unspecified atom stereocenters. The number of fused-ring (bicyclic) bond motifs is 1. The Kier molecular flexibility index (Phi) is 5.53. The maximum Gasteiger partial charge on any atom is 0.227 e. The Morgan fingerprint density at radius 3 is 2.59 bits per heavy atom. The molecular weight excluding hydrogens is 366 g/mol. The molecule has 152 valence electrons. The Hall–Kier alpha value is -2.86. The molecule has 0 bridgehead atoms. The summed E-state index contributed by atoms with van der Waals surface area (Å²) in [6, 6.07) is 17.8. The molecule has 2 N–H and O–H groups in total. The number of ether oxygens (including phenoxy) is 1. The van der Waals surface area contributed by atoms with Gasteiger partial charge < -0.3 is 15.4 Å². The summed E-state index contributed by atoms with van der Waals surface area (Å²) in [5.74, 6) is 0.385. The highest BCUT2D eigenvalue weighted by molar-refractivity contribution is 5.80. The molecule has 2 amide bonds. The van der Waals surface area contributed by atoms with Crippen LogP contribution in [0.2, 0.25) is 0 Å². The van der Waals surface area contributed by atoms with Gasteiger partial charge in [-0.2, -0.15) is 0 Å². The Morgan fingerprint density at radius 1 is 1.07 bits per heavy atom. The molecule has 0 aliphatic carbocycles. The van der Waals surface area contributed by atoms with Crippen molar-refractivity contribution in [3.63, 3.8) is 0 Å². The van der Waals surface area contributed by atoms with E-state index in [2.05, 4.69) is 17.0 Å². The van der Waals surface area contributed by atoms with E-state index in [1.54, 1.807) is 7.11 Å². The molecule has 0 aromatic heterocycles. The number of carbonyl (C=O) groups is 2. The summed E-state index contributed by atoms with van der Waals surface area (Å²) < 4.78 is 5.26. The van der Waals surface area contributed by atoms with Crippen LogP contribution in [0.5, 0.6) is 5.75 Å². The van der Waals surface area contributed by atoms with Crippen molar-refractivity contribution in [1.29, 1.82) is 0 Å². The number of primary amides is 1. The largest absolute Gasteiger partial charge is 0.497 e. The summed E-state index contributed by atoms with van der Waals surface area (Å²) in [4.78, 5) is 29.4. The summed E-state index contributed by atoms with van der Waals surface area (Å²) in [6.45, 7) is 2.72. The molecule has 6 heteroatoms. The zero-order chi connectivity index (χ0) is 20.4. The smallest absolute Gasteiger partial charge is 0.227 e. The van der Waals surface area contributed by atoms with E-state index >= 15 is 0 Å². The number of carbonyl (C=O) groups excluding carboxylic acids is 2. The van der Waals surface area contributed by atoms with Crippen LogP contribution in [0.25, 0.3) is 0 Å². The van der Waals surface area contributed by atoms with E-state index in [0.29, 0.717) is 26.1 Å². The number of nitrogens with two attached hydrogens (primary N) is 1. The summed E-state index contributed by atoms with van der Waals surface area (Å²) in [6.07, 6.45) is 0.346. The van der Waals surface area contributed by atoms with Crippen molar-refractivity contribution in [2.45, 2.75) is 18.4 Å². The third-order valence-electron chi connectivity index (χ3n) is 6.20. The minimum atomic E-state index is -0.262. The van der Waals surface area contributed by atoms with Gasteiger partial charge in [-0.1, -0.05) is 42.5 Å². The van der Waals surface area contributed by atoms with Crippen LogP contribution in [0.3, 0.4) is 0 Å². The highest BCUT2D eigenvalue weighted by Crippen LogP contribution is 2.39. The van der Waals surface area contributed by atoms with E-state index in [0.717, 1.165) is 23.4 Å². The number of hydrogen-bond acceptors (Lipinski definition) is 4. The summed E-state index contributed by atoms with van der Waals surface area (Å²) >= 11 is 0. The Morgan fingerprint density at radius 2 is 1.86 bits per heavy atom. The van der Waals surface area contributed by atoms with Crippen molar-refractivity contribution in [3.8, 4) is 5.75 Å². The van der Waals surface area contributed by atoms with Gasteiger partial charge in [-0.05, 0) is 23.3 Å². The molecule has 2 aliphatic rings. The van der Waals surface area contributed by atoms with Gasteiger partial charge in [0.2, 0.25) is 11.8 Å². The molecule has 4 rings (SSSR count). The van der Waals surface area contributed by atoms with Gasteiger partial charge in [-0.25, -0.2) is 0 Å². The van der Waals surface area contributed by atoms with E-state index in [1.165, 1.54) is 0 Å². The van der Waals surface area contributed by atoms with E-state index in [4.69, 9.17) is 10.5 Å². The standard InChI is InChI=1S/C23H27N3O3/c1-29-18-9-5-6-16(12-18)13-21(27)26-11-10-25-14-19(23(24)28)22(20(25)15-26)17-7-3-2-4-8-17/h2-9,12,19-20,22H,10-11,13-15H2,1H3,(H2,24,28)/t19-,20-,22+/m1/s1. The molecule has 2 aromatic carbocycles. The van der Waals surface area contributed by atoms with Crippen LogP contribution in [0.15, 0.2) is 54.6 Å². The summed E-state index contributed by atoms with van der Waals surface area (Å²) in [5.41, 5.74) is 7.80. The van der Waals surface area contributed by atoms with Crippen LogP contribution in [0.4, 0.5) is 0 Å². The predicted molar refractivity (Wildman–Crippen MR) is 111 cm³/mol. The first kappa shape index (κ1) is 19.5. The lowest BCUT2D eigenvalue weighted by Crippen LogP contribution is -2.53. The van der Waals surface area contributed by atoms with Crippen molar-refractivity contribution in [1.82, 2.24) is 9.80 Å². The molecular formula is C23H27N3O3. The van der Waals surface area contributed by atoms with Gasteiger partial charge in [0.1, 0.15) is 5.75 Å². The van der Waals surface area contributed by atoms with Gasteiger partial charge in [0.25, 0.3) is 0 Å². The van der Waals surface area contributed by atoms with E-state index < -0.39 is 0 Å². The van der Waals surface area contributed by atoms with Crippen LogP contribution < -0.4 is 10.5 Å². The normalized spacial score (nSPS) is 24.2. The maximum absolute atomic E-state index is 13.0. The first-order valence-corrected chi connectivity index (χ1v) is 10.1. The average Bonchev–Trinajstić information content (AvgIpc) is 3.13. The number of rotatable bonds is 5.